The molecule has 0 spiro atoms. The number of allylic oxidation sites excluding steroid dienone is 1. The largest absolute Gasteiger partial charge is 0.465 e. The van der Waals surface area contributed by atoms with Crippen molar-refractivity contribution >= 4 is 35.2 Å². The number of benzene rings is 2. The van der Waals surface area contributed by atoms with Crippen LogP contribution in [0.4, 0.5) is 5.69 Å². The number of hydrogen-bond acceptors (Lipinski definition) is 7. The third-order valence-electron chi connectivity index (χ3n) is 5.25. The first-order chi connectivity index (χ1) is 17.3. The summed E-state index contributed by atoms with van der Waals surface area (Å²) in [5.74, 6) is -0.153. The summed E-state index contributed by atoms with van der Waals surface area (Å²) in [6.45, 7) is 8.23. The topological polar surface area (TPSA) is 115 Å². The van der Waals surface area contributed by atoms with Gasteiger partial charge < -0.3 is 19.9 Å². The van der Waals surface area contributed by atoms with E-state index < -0.39 is 5.97 Å². The van der Waals surface area contributed by atoms with Crippen molar-refractivity contribution in [1.29, 1.82) is 0 Å². The lowest BCUT2D eigenvalue weighted by Gasteiger charge is -2.22. The number of thioether (sulfide) groups is 1. The summed E-state index contributed by atoms with van der Waals surface area (Å²) in [7, 11) is 1.31. The molecule has 2 amide bonds. The number of anilines is 1. The van der Waals surface area contributed by atoms with E-state index in [1.807, 2.05) is 36.6 Å². The Bertz CT molecular complexity index is 1210. The first kappa shape index (κ1) is 26.7. The number of esters is 1. The molecule has 2 aromatic carbocycles. The van der Waals surface area contributed by atoms with Crippen molar-refractivity contribution in [3.05, 3.63) is 84.2 Å². The van der Waals surface area contributed by atoms with Crippen LogP contribution in [0.5, 0.6) is 0 Å². The average Bonchev–Trinajstić information content (AvgIpc) is 3.28. The van der Waals surface area contributed by atoms with Crippen molar-refractivity contribution in [2.45, 2.75) is 31.6 Å². The maximum absolute atomic E-state index is 12.8. The lowest BCUT2D eigenvalue weighted by Crippen LogP contribution is -2.33. The highest BCUT2D eigenvalue weighted by atomic mass is 32.2. The highest BCUT2D eigenvalue weighted by Gasteiger charge is 2.26. The SMILES string of the molecule is C=CCn1c(SCC(=O)Nc2ccc(C(=O)OC)cc2)nnc1[C@@H](NC(=O)c1ccccc1)C(C)C. The number of carbonyl (C=O) groups excluding carboxylic acids is 3. The molecule has 0 aliphatic heterocycles. The van der Waals surface area contributed by atoms with Crippen LogP contribution in [0.1, 0.15) is 46.4 Å². The Hall–Kier alpha value is -3.92. The monoisotopic (exact) mass is 507 g/mol. The molecule has 0 saturated carbocycles. The predicted octanol–water partition coefficient (Wildman–Crippen LogP) is 4.11. The van der Waals surface area contributed by atoms with Crippen LogP contribution in [-0.2, 0) is 16.1 Å². The Balaban J connectivity index is 1.70. The van der Waals surface area contributed by atoms with Crippen molar-refractivity contribution < 1.29 is 19.1 Å². The Morgan fingerprint density at radius 2 is 1.75 bits per heavy atom. The fourth-order valence-electron chi connectivity index (χ4n) is 3.42. The number of nitrogens with zero attached hydrogens (tertiary/aromatic N) is 3. The molecule has 3 aromatic rings. The molecule has 1 atom stereocenters. The zero-order valence-electron chi connectivity index (χ0n) is 20.4. The fourth-order valence-corrected chi connectivity index (χ4v) is 4.17. The van der Waals surface area contributed by atoms with E-state index in [2.05, 4.69) is 32.1 Å². The molecule has 0 radical (unpaired) electrons. The van der Waals surface area contributed by atoms with Gasteiger partial charge in [-0.25, -0.2) is 4.79 Å². The summed E-state index contributed by atoms with van der Waals surface area (Å²) in [6.07, 6.45) is 1.72. The van der Waals surface area contributed by atoms with Crippen molar-refractivity contribution in [3.63, 3.8) is 0 Å². The Morgan fingerprint density at radius 1 is 1.06 bits per heavy atom. The van der Waals surface area contributed by atoms with Gasteiger partial charge in [-0.2, -0.15) is 0 Å². The summed E-state index contributed by atoms with van der Waals surface area (Å²) in [5.41, 5.74) is 1.52. The van der Waals surface area contributed by atoms with E-state index in [1.165, 1.54) is 18.9 Å². The number of aromatic nitrogens is 3. The molecule has 0 fully saturated rings. The second kappa shape index (κ2) is 12.7. The summed E-state index contributed by atoms with van der Waals surface area (Å²) in [6, 6.07) is 15.0. The van der Waals surface area contributed by atoms with Gasteiger partial charge in [-0.3, -0.25) is 9.59 Å². The Morgan fingerprint density at radius 3 is 2.36 bits per heavy atom. The van der Waals surface area contributed by atoms with Crippen LogP contribution >= 0.6 is 11.8 Å². The third kappa shape index (κ3) is 6.82. The number of methoxy groups -OCH3 is 1. The number of nitrogens with one attached hydrogen (secondary N) is 2. The lowest BCUT2D eigenvalue weighted by molar-refractivity contribution is -0.113. The van der Waals surface area contributed by atoms with Crippen molar-refractivity contribution in [3.8, 4) is 0 Å². The van der Waals surface area contributed by atoms with Gasteiger partial charge in [-0.05, 0) is 42.3 Å². The molecule has 1 heterocycles. The average molecular weight is 508 g/mol. The Labute approximate surface area is 214 Å². The first-order valence-corrected chi connectivity index (χ1v) is 12.3. The van der Waals surface area contributed by atoms with E-state index >= 15 is 0 Å². The molecule has 3 rings (SSSR count). The van der Waals surface area contributed by atoms with Crippen LogP contribution in [0.2, 0.25) is 0 Å². The molecule has 1 aromatic heterocycles. The number of ether oxygens (including phenoxy) is 1. The van der Waals surface area contributed by atoms with Gasteiger partial charge in [0.05, 0.1) is 24.5 Å². The van der Waals surface area contributed by atoms with E-state index in [9.17, 15) is 14.4 Å². The molecule has 10 heteroatoms. The molecule has 9 nitrogen and oxygen atoms in total. The van der Waals surface area contributed by atoms with Gasteiger partial charge in [-0.15, -0.1) is 16.8 Å². The summed E-state index contributed by atoms with van der Waals surface area (Å²) < 4.78 is 6.53. The van der Waals surface area contributed by atoms with Gasteiger partial charge in [-0.1, -0.05) is 49.9 Å². The molecule has 0 aliphatic carbocycles. The smallest absolute Gasteiger partial charge is 0.337 e. The van der Waals surface area contributed by atoms with Crippen LogP contribution in [0.3, 0.4) is 0 Å². The molecular formula is C26H29N5O4S. The third-order valence-corrected chi connectivity index (χ3v) is 6.21. The zero-order chi connectivity index (χ0) is 26.1. The number of hydrogen-bond donors (Lipinski definition) is 2. The first-order valence-electron chi connectivity index (χ1n) is 11.3. The van der Waals surface area contributed by atoms with Gasteiger partial charge in [0.1, 0.15) is 0 Å². The second-order valence-electron chi connectivity index (χ2n) is 8.21. The molecule has 0 unspecified atom stereocenters. The molecule has 0 saturated heterocycles. The van der Waals surface area contributed by atoms with Crippen LogP contribution in [-0.4, -0.2) is 45.4 Å². The summed E-state index contributed by atoms with van der Waals surface area (Å²) in [5, 5.41) is 15.0. The maximum atomic E-state index is 12.8. The van der Waals surface area contributed by atoms with E-state index in [4.69, 9.17) is 0 Å². The molecule has 36 heavy (non-hydrogen) atoms. The van der Waals surface area contributed by atoms with E-state index in [0.717, 1.165) is 0 Å². The van der Waals surface area contributed by atoms with Crippen LogP contribution in [0.25, 0.3) is 0 Å². The normalized spacial score (nSPS) is 11.6. The van der Waals surface area contributed by atoms with E-state index in [-0.39, 0.29) is 29.5 Å². The molecule has 188 valence electrons. The van der Waals surface area contributed by atoms with Gasteiger partial charge in [0.15, 0.2) is 11.0 Å². The van der Waals surface area contributed by atoms with Crippen LogP contribution in [0.15, 0.2) is 72.4 Å². The quantitative estimate of drug-likeness (QED) is 0.228. The molecule has 0 aliphatic rings. The number of rotatable bonds is 11. The van der Waals surface area contributed by atoms with Crippen LogP contribution in [0, 0.1) is 5.92 Å². The lowest BCUT2D eigenvalue weighted by atomic mass is 10.0. The van der Waals surface area contributed by atoms with Gasteiger partial charge in [0.2, 0.25) is 5.91 Å². The van der Waals surface area contributed by atoms with E-state index in [0.29, 0.717) is 34.3 Å². The van der Waals surface area contributed by atoms with Gasteiger partial charge in [0, 0.05) is 17.8 Å². The highest BCUT2D eigenvalue weighted by molar-refractivity contribution is 7.99. The summed E-state index contributed by atoms with van der Waals surface area (Å²) >= 11 is 1.23. The minimum Gasteiger partial charge on any atom is -0.465 e. The summed E-state index contributed by atoms with van der Waals surface area (Å²) in [4.78, 5) is 36.9. The Kier molecular flexibility index (Phi) is 9.40. The van der Waals surface area contributed by atoms with Gasteiger partial charge >= 0.3 is 5.97 Å². The molecule has 0 bridgehead atoms. The van der Waals surface area contributed by atoms with Crippen molar-refractivity contribution in [2.75, 3.05) is 18.2 Å². The zero-order valence-corrected chi connectivity index (χ0v) is 21.2. The molecule has 2 N–H and O–H groups in total. The fraction of sp³-hybridized carbons (Fsp3) is 0.269. The van der Waals surface area contributed by atoms with Crippen molar-refractivity contribution in [1.82, 2.24) is 20.1 Å². The highest BCUT2D eigenvalue weighted by Crippen LogP contribution is 2.26. The minimum absolute atomic E-state index is 0.0412. The van der Waals surface area contributed by atoms with E-state index in [1.54, 1.807) is 42.5 Å². The second-order valence-corrected chi connectivity index (χ2v) is 9.15. The maximum Gasteiger partial charge on any atom is 0.337 e. The standard InChI is InChI=1S/C26H29N5O4S/c1-5-15-31-23(22(17(2)3)28-24(33)18-9-7-6-8-10-18)29-30-26(31)36-16-21(32)27-20-13-11-19(12-14-20)25(34)35-4/h5-14,17,22H,1,15-16H2,2-4H3,(H,27,32)(H,28,33)/t22-/m0/s1. The number of carbonyl (C=O) groups is 3. The predicted molar refractivity (Wildman–Crippen MR) is 139 cm³/mol. The minimum atomic E-state index is -0.444. The number of amides is 2. The van der Waals surface area contributed by atoms with Crippen molar-refractivity contribution in [2.24, 2.45) is 5.92 Å². The van der Waals surface area contributed by atoms with Crippen LogP contribution < -0.4 is 10.6 Å². The van der Waals surface area contributed by atoms with Gasteiger partial charge in [0.25, 0.3) is 5.91 Å². The molecular weight excluding hydrogens is 478 g/mol.